The van der Waals surface area contributed by atoms with E-state index in [1.54, 1.807) is 13.8 Å². The standard InChI is InChI=1S/C21H27N5O4S2/c1-3-24(4-2)31(27,28)18-8-10-19(11-9-18)32(29,30)25-15-12-17(13-16-25)21-23-22-20-7-5-6-14-26(20)21/h5-11,14,17H,3-4,12-13,15-16H2,1-2H3. The zero-order chi connectivity index (χ0) is 22.9. The van der Waals surface area contributed by atoms with Crippen molar-refractivity contribution in [3.8, 4) is 0 Å². The van der Waals surface area contributed by atoms with Crippen molar-refractivity contribution in [3.05, 3.63) is 54.5 Å². The summed E-state index contributed by atoms with van der Waals surface area (Å²) >= 11 is 0. The summed E-state index contributed by atoms with van der Waals surface area (Å²) in [6.45, 7) is 4.99. The molecular weight excluding hydrogens is 450 g/mol. The van der Waals surface area contributed by atoms with Crippen molar-refractivity contribution in [2.75, 3.05) is 26.2 Å². The maximum absolute atomic E-state index is 13.1. The summed E-state index contributed by atoms with van der Waals surface area (Å²) in [5.74, 6) is 0.976. The fourth-order valence-corrected chi connectivity index (χ4v) is 7.07. The van der Waals surface area contributed by atoms with E-state index in [0.717, 1.165) is 11.5 Å². The first-order valence-electron chi connectivity index (χ1n) is 10.7. The lowest BCUT2D eigenvalue weighted by Crippen LogP contribution is -2.38. The molecule has 1 aliphatic heterocycles. The van der Waals surface area contributed by atoms with Gasteiger partial charge < -0.3 is 0 Å². The Hall–Kier alpha value is -2.34. The van der Waals surface area contributed by atoms with Crippen molar-refractivity contribution >= 4 is 25.7 Å². The van der Waals surface area contributed by atoms with Crippen molar-refractivity contribution in [1.29, 1.82) is 0 Å². The zero-order valence-corrected chi connectivity index (χ0v) is 19.8. The van der Waals surface area contributed by atoms with Crippen molar-refractivity contribution in [2.24, 2.45) is 0 Å². The summed E-state index contributed by atoms with van der Waals surface area (Å²) in [5, 5.41) is 8.50. The molecule has 2 aromatic heterocycles. The van der Waals surface area contributed by atoms with Gasteiger partial charge in [-0.2, -0.15) is 8.61 Å². The van der Waals surface area contributed by atoms with E-state index in [1.165, 1.54) is 32.9 Å². The van der Waals surface area contributed by atoms with Crippen molar-refractivity contribution in [3.63, 3.8) is 0 Å². The first-order valence-corrected chi connectivity index (χ1v) is 13.6. The largest absolute Gasteiger partial charge is 0.286 e. The van der Waals surface area contributed by atoms with Crippen LogP contribution in [-0.4, -0.2) is 66.2 Å². The summed E-state index contributed by atoms with van der Waals surface area (Å²) in [5.41, 5.74) is 0.775. The molecule has 1 fully saturated rings. The van der Waals surface area contributed by atoms with Gasteiger partial charge in [0.15, 0.2) is 5.65 Å². The molecule has 9 nitrogen and oxygen atoms in total. The molecule has 0 bridgehead atoms. The molecule has 1 aliphatic rings. The molecule has 0 atom stereocenters. The third-order valence-electron chi connectivity index (χ3n) is 5.96. The fraction of sp³-hybridized carbons (Fsp3) is 0.429. The number of hydrogen-bond acceptors (Lipinski definition) is 6. The molecule has 0 saturated carbocycles. The molecule has 3 aromatic rings. The van der Waals surface area contributed by atoms with Crippen LogP contribution in [0.25, 0.3) is 5.65 Å². The molecule has 0 aliphatic carbocycles. The number of aromatic nitrogens is 3. The van der Waals surface area contributed by atoms with E-state index in [9.17, 15) is 16.8 Å². The van der Waals surface area contributed by atoms with E-state index >= 15 is 0 Å². The van der Waals surface area contributed by atoms with Gasteiger partial charge in [-0.1, -0.05) is 19.9 Å². The Balaban J connectivity index is 1.49. The van der Waals surface area contributed by atoms with Crippen molar-refractivity contribution in [1.82, 2.24) is 23.2 Å². The third-order valence-corrected chi connectivity index (χ3v) is 9.94. The summed E-state index contributed by atoms with van der Waals surface area (Å²) < 4.78 is 56.3. The van der Waals surface area contributed by atoms with Crippen LogP contribution in [0.1, 0.15) is 38.4 Å². The van der Waals surface area contributed by atoms with Gasteiger partial charge >= 0.3 is 0 Å². The van der Waals surface area contributed by atoms with Crippen LogP contribution in [0.5, 0.6) is 0 Å². The molecule has 172 valence electrons. The maximum atomic E-state index is 13.1. The van der Waals surface area contributed by atoms with Crippen LogP contribution in [0, 0.1) is 0 Å². The average Bonchev–Trinajstić information content (AvgIpc) is 3.24. The molecule has 1 saturated heterocycles. The van der Waals surface area contributed by atoms with Gasteiger partial charge in [-0.3, -0.25) is 4.40 Å². The van der Waals surface area contributed by atoms with E-state index in [1.807, 2.05) is 28.8 Å². The Morgan fingerprint density at radius 2 is 1.53 bits per heavy atom. The van der Waals surface area contributed by atoms with Gasteiger partial charge in [-0.15, -0.1) is 10.2 Å². The Morgan fingerprint density at radius 1 is 0.906 bits per heavy atom. The van der Waals surface area contributed by atoms with Gasteiger partial charge in [0.1, 0.15) is 5.82 Å². The number of nitrogens with zero attached hydrogens (tertiary/aromatic N) is 5. The van der Waals surface area contributed by atoms with Crippen LogP contribution in [0.15, 0.2) is 58.5 Å². The minimum atomic E-state index is -3.71. The van der Waals surface area contributed by atoms with Crippen LogP contribution >= 0.6 is 0 Å². The van der Waals surface area contributed by atoms with E-state index in [-0.39, 0.29) is 15.7 Å². The highest BCUT2D eigenvalue weighted by atomic mass is 32.2. The Morgan fingerprint density at radius 3 is 2.16 bits per heavy atom. The number of sulfonamides is 2. The first kappa shape index (κ1) is 22.8. The van der Waals surface area contributed by atoms with E-state index in [0.29, 0.717) is 39.0 Å². The number of hydrogen-bond donors (Lipinski definition) is 0. The molecule has 1 aromatic carbocycles. The average molecular weight is 478 g/mol. The second-order valence-electron chi connectivity index (χ2n) is 7.73. The number of pyridine rings is 1. The molecule has 0 amide bonds. The number of rotatable bonds is 7. The highest BCUT2D eigenvalue weighted by Gasteiger charge is 2.32. The van der Waals surface area contributed by atoms with Crippen LogP contribution in [0.4, 0.5) is 0 Å². The normalized spacial score (nSPS) is 16.7. The summed E-state index contributed by atoms with van der Waals surface area (Å²) in [6, 6.07) is 11.2. The predicted molar refractivity (Wildman–Crippen MR) is 120 cm³/mol. The SMILES string of the molecule is CCN(CC)S(=O)(=O)c1ccc(S(=O)(=O)N2CCC(c3nnc4ccccn34)CC2)cc1. The number of fused-ring (bicyclic) bond motifs is 1. The summed E-state index contributed by atoms with van der Waals surface area (Å²) in [6.07, 6.45) is 3.20. The molecule has 4 rings (SSSR count). The van der Waals surface area contributed by atoms with Gasteiger partial charge in [0.25, 0.3) is 0 Å². The smallest absolute Gasteiger partial charge is 0.243 e. The van der Waals surface area contributed by atoms with Gasteiger partial charge in [0.2, 0.25) is 20.0 Å². The molecule has 0 radical (unpaired) electrons. The van der Waals surface area contributed by atoms with E-state index in [4.69, 9.17) is 0 Å². The Bertz CT molecular complexity index is 1290. The molecule has 0 spiro atoms. The monoisotopic (exact) mass is 477 g/mol. The van der Waals surface area contributed by atoms with Crippen LogP contribution in [-0.2, 0) is 20.0 Å². The van der Waals surface area contributed by atoms with Crippen molar-refractivity contribution < 1.29 is 16.8 Å². The predicted octanol–water partition coefficient (Wildman–Crippen LogP) is 2.33. The summed E-state index contributed by atoms with van der Waals surface area (Å²) in [4.78, 5) is 0.194. The topological polar surface area (TPSA) is 105 Å². The van der Waals surface area contributed by atoms with Crippen LogP contribution in [0.2, 0.25) is 0 Å². The lowest BCUT2D eigenvalue weighted by atomic mass is 9.97. The Kier molecular flexibility index (Phi) is 6.35. The fourth-order valence-electron chi connectivity index (χ4n) is 4.14. The second kappa shape index (κ2) is 8.89. The minimum Gasteiger partial charge on any atom is -0.286 e. The molecule has 11 heteroatoms. The Labute approximate surface area is 188 Å². The van der Waals surface area contributed by atoms with Gasteiger partial charge in [-0.05, 0) is 49.2 Å². The van der Waals surface area contributed by atoms with Crippen LogP contribution in [0.3, 0.4) is 0 Å². The van der Waals surface area contributed by atoms with Gasteiger partial charge in [0, 0.05) is 38.3 Å². The zero-order valence-electron chi connectivity index (χ0n) is 18.1. The second-order valence-corrected chi connectivity index (χ2v) is 11.6. The number of benzene rings is 1. The molecular formula is C21H27N5O4S2. The van der Waals surface area contributed by atoms with Gasteiger partial charge in [-0.25, -0.2) is 16.8 Å². The van der Waals surface area contributed by atoms with Gasteiger partial charge in [0.05, 0.1) is 9.79 Å². The van der Waals surface area contributed by atoms with Crippen molar-refractivity contribution in [2.45, 2.75) is 42.4 Å². The highest BCUT2D eigenvalue weighted by molar-refractivity contribution is 7.89. The lowest BCUT2D eigenvalue weighted by Gasteiger charge is -2.30. The molecule has 0 unspecified atom stereocenters. The number of piperidine rings is 1. The molecule has 3 heterocycles. The molecule has 0 N–H and O–H groups in total. The first-order chi connectivity index (χ1) is 15.3. The maximum Gasteiger partial charge on any atom is 0.243 e. The van der Waals surface area contributed by atoms with Crippen LogP contribution < -0.4 is 0 Å². The quantitative estimate of drug-likeness (QED) is 0.517. The summed E-state index contributed by atoms with van der Waals surface area (Å²) in [7, 11) is -7.34. The van der Waals surface area contributed by atoms with E-state index in [2.05, 4.69) is 10.2 Å². The third kappa shape index (κ3) is 4.05. The van der Waals surface area contributed by atoms with E-state index < -0.39 is 20.0 Å². The highest BCUT2D eigenvalue weighted by Crippen LogP contribution is 2.30. The molecule has 32 heavy (non-hydrogen) atoms. The minimum absolute atomic E-state index is 0.0949. The lowest BCUT2D eigenvalue weighted by molar-refractivity contribution is 0.312.